The summed E-state index contributed by atoms with van der Waals surface area (Å²) in [6.07, 6.45) is 2.33. The lowest BCUT2D eigenvalue weighted by molar-refractivity contribution is -0.139. The predicted molar refractivity (Wildman–Crippen MR) is 111 cm³/mol. The molecule has 2 atom stereocenters. The van der Waals surface area contributed by atoms with E-state index in [-0.39, 0.29) is 0 Å². The molecule has 0 saturated heterocycles. The number of hydrogen-bond donors (Lipinski definition) is 4. The lowest BCUT2D eigenvalue weighted by atomic mass is 10.2. The third-order valence-corrected chi connectivity index (χ3v) is 5.37. The van der Waals surface area contributed by atoms with Gasteiger partial charge in [0.05, 0.1) is 11.8 Å². The quantitative estimate of drug-likeness (QED) is 0.539. The maximum Gasteiger partial charge on any atom is 0.413 e. The number of rotatable bonds is 5. The number of thiazole rings is 2. The number of carbonyl (C=O) groups is 3. The number of anilines is 2. The number of carboxylic acids is 2. The minimum absolute atomic E-state index is 0.326. The monoisotopic (exact) mass is 444 g/mol. The molecule has 0 spiro atoms. The van der Waals surface area contributed by atoms with Crippen LogP contribution < -0.4 is 11.1 Å². The Morgan fingerprint density at radius 1 is 1.03 bits per heavy atom. The summed E-state index contributed by atoms with van der Waals surface area (Å²) in [4.78, 5) is 41.6. The second-order valence-electron chi connectivity index (χ2n) is 6.92. The molecule has 10 nitrogen and oxygen atoms in total. The van der Waals surface area contributed by atoms with E-state index in [9.17, 15) is 14.4 Å². The first-order valence-electron chi connectivity index (χ1n) is 8.42. The molecule has 2 rings (SSSR count). The predicted octanol–water partition coefficient (Wildman–Crippen LogP) is 3.59. The second kappa shape index (κ2) is 10.2. The Kier molecular flexibility index (Phi) is 8.52. The standard InChI is InChI=1S/C11H16N2O4S.C6H8N2O2S/c1-6(8(14)15)7-5-12-9(18-7)13-10(16)17-11(2,3)4;1-3(5(9)10)4-2-8-6(7)11-4/h5-6H,1-4H3,(H,14,15)(H,12,13,16);2-3H,1H3,(H2,7,8)(H,9,10). The van der Waals surface area contributed by atoms with E-state index in [0.29, 0.717) is 20.0 Å². The van der Waals surface area contributed by atoms with Crippen molar-refractivity contribution in [1.29, 1.82) is 0 Å². The number of nitrogens with two attached hydrogens (primary N) is 1. The average molecular weight is 445 g/mol. The van der Waals surface area contributed by atoms with Gasteiger partial charge in [0.1, 0.15) is 5.60 Å². The number of carbonyl (C=O) groups excluding carboxylic acids is 1. The number of hydrogen-bond acceptors (Lipinski definition) is 9. The van der Waals surface area contributed by atoms with E-state index < -0.39 is 35.5 Å². The third kappa shape index (κ3) is 8.44. The minimum Gasteiger partial charge on any atom is -0.481 e. The number of aromatic nitrogens is 2. The first kappa shape index (κ1) is 24.3. The van der Waals surface area contributed by atoms with Crippen molar-refractivity contribution in [3.63, 3.8) is 0 Å². The summed E-state index contributed by atoms with van der Waals surface area (Å²) in [5, 5.41) is 20.6. The molecule has 160 valence electrons. The second-order valence-corrected chi connectivity index (χ2v) is 9.07. The molecular formula is C17H24N4O6S2. The molecule has 0 radical (unpaired) electrons. The fourth-order valence-electron chi connectivity index (χ4n) is 1.68. The summed E-state index contributed by atoms with van der Waals surface area (Å²) in [6.45, 7) is 8.44. The molecule has 0 saturated carbocycles. The van der Waals surface area contributed by atoms with Gasteiger partial charge in [0.15, 0.2) is 10.3 Å². The van der Waals surface area contributed by atoms with Crippen LogP contribution in [0.1, 0.15) is 56.2 Å². The fourth-order valence-corrected chi connectivity index (χ4v) is 3.26. The maximum absolute atomic E-state index is 11.5. The van der Waals surface area contributed by atoms with E-state index in [2.05, 4.69) is 15.3 Å². The number of aliphatic carboxylic acids is 2. The zero-order chi connectivity index (χ0) is 22.4. The van der Waals surface area contributed by atoms with Gasteiger partial charge in [-0.05, 0) is 34.6 Å². The van der Waals surface area contributed by atoms with Crippen LogP contribution >= 0.6 is 22.7 Å². The summed E-state index contributed by atoms with van der Waals surface area (Å²) in [5.74, 6) is -2.93. The van der Waals surface area contributed by atoms with Gasteiger partial charge in [-0.3, -0.25) is 14.9 Å². The first-order valence-corrected chi connectivity index (χ1v) is 10.1. The highest BCUT2D eigenvalue weighted by Crippen LogP contribution is 2.26. The van der Waals surface area contributed by atoms with Crippen LogP contribution in [-0.4, -0.2) is 43.8 Å². The fraction of sp³-hybridized carbons (Fsp3) is 0.471. The molecule has 0 aliphatic carbocycles. The van der Waals surface area contributed by atoms with E-state index in [4.69, 9.17) is 20.7 Å². The van der Waals surface area contributed by atoms with Crippen LogP contribution in [0.15, 0.2) is 12.4 Å². The van der Waals surface area contributed by atoms with Crippen molar-refractivity contribution in [1.82, 2.24) is 9.97 Å². The van der Waals surface area contributed by atoms with Gasteiger partial charge in [0, 0.05) is 22.1 Å². The molecule has 0 aliphatic heterocycles. The number of nitrogen functional groups attached to an aromatic ring is 1. The van der Waals surface area contributed by atoms with Crippen LogP contribution in [0.25, 0.3) is 0 Å². The Morgan fingerprint density at radius 3 is 1.93 bits per heavy atom. The van der Waals surface area contributed by atoms with Gasteiger partial charge in [0.25, 0.3) is 0 Å². The Morgan fingerprint density at radius 2 is 1.52 bits per heavy atom. The molecule has 29 heavy (non-hydrogen) atoms. The van der Waals surface area contributed by atoms with Crippen molar-refractivity contribution in [2.24, 2.45) is 0 Å². The van der Waals surface area contributed by atoms with Gasteiger partial charge in [0.2, 0.25) is 0 Å². The number of ether oxygens (including phenoxy) is 1. The smallest absolute Gasteiger partial charge is 0.413 e. The van der Waals surface area contributed by atoms with E-state index in [1.165, 1.54) is 23.7 Å². The van der Waals surface area contributed by atoms with Crippen molar-refractivity contribution in [3.05, 3.63) is 22.1 Å². The van der Waals surface area contributed by atoms with Gasteiger partial charge >= 0.3 is 18.0 Å². The van der Waals surface area contributed by atoms with E-state index in [1.54, 1.807) is 34.6 Å². The molecule has 0 aliphatic rings. The topological polar surface area (TPSA) is 165 Å². The summed E-state index contributed by atoms with van der Waals surface area (Å²) >= 11 is 2.33. The van der Waals surface area contributed by atoms with Crippen LogP contribution in [0, 0.1) is 0 Å². The van der Waals surface area contributed by atoms with E-state index >= 15 is 0 Å². The Balaban J connectivity index is 0.000000326. The highest BCUT2D eigenvalue weighted by molar-refractivity contribution is 7.16. The van der Waals surface area contributed by atoms with Crippen LogP contribution in [0.5, 0.6) is 0 Å². The van der Waals surface area contributed by atoms with E-state index in [1.807, 2.05) is 0 Å². The molecule has 0 aromatic carbocycles. The molecule has 5 N–H and O–H groups in total. The molecule has 2 aromatic heterocycles. The Labute approximate surface area is 175 Å². The number of amides is 1. The van der Waals surface area contributed by atoms with Crippen LogP contribution in [-0.2, 0) is 14.3 Å². The molecule has 0 bridgehead atoms. The van der Waals surface area contributed by atoms with Crippen molar-refractivity contribution < 1.29 is 29.3 Å². The largest absolute Gasteiger partial charge is 0.481 e. The molecule has 0 fully saturated rings. The molecule has 2 aromatic rings. The van der Waals surface area contributed by atoms with Gasteiger partial charge in [-0.25, -0.2) is 14.8 Å². The molecule has 2 heterocycles. The third-order valence-electron chi connectivity index (χ3n) is 3.27. The highest BCUT2D eigenvalue weighted by atomic mass is 32.1. The Bertz CT molecular complexity index is 858. The zero-order valence-corrected chi connectivity index (χ0v) is 18.3. The van der Waals surface area contributed by atoms with Crippen LogP contribution in [0.2, 0.25) is 0 Å². The molecule has 1 amide bonds. The lowest BCUT2D eigenvalue weighted by Gasteiger charge is -2.18. The van der Waals surface area contributed by atoms with Gasteiger partial charge in [-0.2, -0.15) is 0 Å². The van der Waals surface area contributed by atoms with Crippen LogP contribution in [0.4, 0.5) is 15.1 Å². The summed E-state index contributed by atoms with van der Waals surface area (Å²) in [6, 6.07) is 0. The molecular weight excluding hydrogens is 420 g/mol. The van der Waals surface area contributed by atoms with Crippen molar-refractivity contribution in [3.8, 4) is 0 Å². The summed E-state index contributed by atoms with van der Waals surface area (Å²) in [5.41, 5.74) is 4.75. The average Bonchev–Trinajstić information content (AvgIpc) is 3.21. The number of nitrogens with one attached hydrogen (secondary N) is 1. The van der Waals surface area contributed by atoms with Crippen molar-refractivity contribution in [2.75, 3.05) is 11.1 Å². The van der Waals surface area contributed by atoms with Gasteiger partial charge in [-0.15, -0.1) is 22.7 Å². The summed E-state index contributed by atoms with van der Waals surface area (Å²) in [7, 11) is 0. The first-order chi connectivity index (χ1) is 13.3. The molecule has 2 unspecified atom stereocenters. The number of carboxylic acid groups (broad SMARTS) is 2. The minimum atomic E-state index is -0.928. The lowest BCUT2D eigenvalue weighted by Crippen LogP contribution is -2.27. The summed E-state index contributed by atoms with van der Waals surface area (Å²) < 4.78 is 5.06. The zero-order valence-electron chi connectivity index (χ0n) is 16.6. The number of nitrogens with zero attached hydrogens (tertiary/aromatic N) is 2. The highest BCUT2D eigenvalue weighted by Gasteiger charge is 2.20. The van der Waals surface area contributed by atoms with Crippen molar-refractivity contribution in [2.45, 2.75) is 52.1 Å². The maximum atomic E-state index is 11.5. The van der Waals surface area contributed by atoms with Gasteiger partial charge in [-0.1, -0.05) is 0 Å². The van der Waals surface area contributed by atoms with E-state index in [0.717, 1.165) is 11.3 Å². The SMILES string of the molecule is CC(C(=O)O)c1cnc(N)s1.CC(C(=O)O)c1cnc(NC(=O)OC(C)(C)C)s1. The normalized spacial score (nSPS) is 12.9. The molecule has 12 heteroatoms. The van der Waals surface area contributed by atoms with Crippen molar-refractivity contribution >= 4 is 51.0 Å². The Hall–Kier alpha value is -2.73. The van der Waals surface area contributed by atoms with Crippen LogP contribution in [0.3, 0.4) is 0 Å². The van der Waals surface area contributed by atoms with Gasteiger partial charge < -0.3 is 20.7 Å².